The van der Waals surface area contributed by atoms with E-state index in [9.17, 15) is 0 Å². The minimum atomic E-state index is 0.353. The maximum absolute atomic E-state index is 5.30. The van der Waals surface area contributed by atoms with Crippen LogP contribution in [-0.2, 0) is 0 Å². The predicted octanol–water partition coefficient (Wildman–Crippen LogP) is 2.39. The fourth-order valence-corrected chi connectivity index (χ4v) is 2.62. The van der Waals surface area contributed by atoms with Crippen molar-refractivity contribution in [1.82, 2.24) is 19.9 Å². The average Bonchev–Trinajstić information content (AvgIpc) is 2.38. The Morgan fingerprint density at radius 3 is 2.37 bits per heavy atom. The van der Waals surface area contributed by atoms with Crippen molar-refractivity contribution in [3.05, 3.63) is 27.6 Å². The molecule has 0 spiro atoms. The minimum absolute atomic E-state index is 0.353. The molecule has 0 unspecified atom stereocenters. The van der Waals surface area contributed by atoms with E-state index >= 15 is 0 Å². The van der Waals surface area contributed by atoms with Gasteiger partial charge in [-0.25, -0.2) is 25.8 Å². The highest BCUT2D eigenvalue weighted by molar-refractivity contribution is 9.10. The summed E-state index contributed by atoms with van der Waals surface area (Å²) in [5.74, 6) is 5.65. The Balaban J connectivity index is 2.36. The fourth-order valence-electron chi connectivity index (χ4n) is 1.37. The van der Waals surface area contributed by atoms with Gasteiger partial charge in [-0.3, -0.25) is 5.43 Å². The summed E-state index contributed by atoms with van der Waals surface area (Å²) in [5, 5.41) is 1.37. The van der Waals surface area contributed by atoms with Gasteiger partial charge in [0.25, 0.3) is 0 Å². The Morgan fingerprint density at radius 2 is 1.79 bits per heavy atom. The van der Waals surface area contributed by atoms with Gasteiger partial charge in [0.05, 0.1) is 4.47 Å². The van der Waals surface area contributed by atoms with Crippen LogP contribution in [0.1, 0.15) is 17.0 Å². The molecule has 3 N–H and O–H groups in total. The number of aryl methyl sites for hydroxylation is 2. The monoisotopic (exact) mass is 340 g/mol. The molecule has 0 aliphatic rings. The van der Waals surface area contributed by atoms with E-state index < -0.39 is 0 Å². The van der Waals surface area contributed by atoms with Gasteiger partial charge in [0.15, 0.2) is 5.16 Å². The third kappa shape index (κ3) is 3.20. The number of hydrogen-bond donors (Lipinski definition) is 2. The fraction of sp³-hybridized carbons (Fsp3) is 0.273. The van der Waals surface area contributed by atoms with Crippen LogP contribution >= 0.6 is 27.7 Å². The number of nitrogens with zero attached hydrogens (tertiary/aromatic N) is 4. The largest absolute Gasteiger partial charge is 0.292 e. The third-order valence-corrected chi connectivity index (χ3v) is 4.35. The molecule has 0 fully saturated rings. The summed E-state index contributed by atoms with van der Waals surface area (Å²) in [6.07, 6.45) is 1.64. The summed E-state index contributed by atoms with van der Waals surface area (Å²) in [6.45, 7) is 5.95. The van der Waals surface area contributed by atoms with Crippen molar-refractivity contribution in [2.24, 2.45) is 5.84 Å². The Hall–Kier alpha value is -1.25. The average molecular weight is 341 g/mol. The molecule has 8 heteroatoms. The molecule has 0 aliphatic carbocycles. The number of aromatic nitrogens is 4. The van der Waals surface area contributed by atoms with Crippen molar-refractivity contribution in [1.29, 1.82) is 0 Å². The van der Waals surface area contributed by atoms with Crippen LogP contribution in [0.5, 0.6) is 0 Å². The van der Waals surface area contributed by atoms with Crippen molar-refractivity contribution in [2.75, 3.05) is 5.43 Å². The first-order valence-electron chi connectivity index (χ1n) is 5.50. The van der Waals surface area contributed by atoms with Gasteiger partial charge in [0.1, 0.15) is 5.03 Å². The summed E-state index contributed by atoms with van der Waals surface area (Å²) in [5.41, 5.74) is 5.46. The number of nitrogens with one attached hydrogen (secondary N) is 1. The number of anilines is 1. The molecule has 2 aromatic rings. The van der Waals surface area contributed by atoms with Gasteiger partial charge in [0, 0.05) is 17.6 Å². The van der Waals surface area contributed by atoms with E-state index in [1.54, 1.807) is 6.20 Å². The molecule has 0 saturated carbocycles. The van der Waals surface area contributed by atoms with E-state index in [0.717, 1.165) is 21.4 Å². The smallest absolute Gasteiger partial charge is 0.238 e. The van der Waals surface area contributed by atoms with Gasteiger partial charge in [-0.2, -0.15) is 0 Å². The molecule has 0 aromatic carbocycles. The van der Waals surface area contributed by atoms with Gasteiger partial charge in [-0.1, -0.05) is 0 Å². The standard InChI is InChI=1S/C11H13BrN6S/c1-5-6(2)15-11(16-7(5)3)19-9-8(12)4-14-10(17-9)18-13/h4H,13H2,1-3H3,(H,14,17,18). The maximum atomic E-state index is 5.30. The topological polar surface area (TPSA) is 89.6 Å². The van der Waals surface area contributed by atoms with Gasteiger partial charge in [0.2, 0.25) is 5.95 Å². The number of nitrogen functional groups attached to an aromatic ring is 1. The second-order valence-corrected chi connectivity index (χ2v) is 5.71. The first-order valence-corrected chi connectivity index (χ1v) is 7.11. The lowest BCUT2D eigenvalue weighted by atomic mass is 10.2. The molecule has 2 rings (SSSR count). The molecule has 100 valence electrons. The number of rotatable bonds is 3. The molecule has 0 aliphatic heterocycles. The lowest BCUT2D eigenvalue weighted by Gasteiger charge is -2.07. The van der Waals surface area contributed by atoms with Gasteiger partial charge in [-0.15, -0.1) is 0 Å². The van der Waals surface area contributed by atoms with E-state index in [1.807, 2.05) is 20.8 Å². The summed E-state index contributed by atoms with van der Waals surface area (Å²) in [7, 11) is 0. The second kappa shape index (κ2) is 5.81. The number of hydrazine groups is 1. The molecule has 0 amide bonds. The van der Waals surface area contributed by atoms with E-state index in [1.165, 1.54) is 11.8 Å². The summed E-state index contributed by atoms with van der Waals surface area (Å²) >= 11 is 4.76. The normalized spacial score (nSPS) is 10.6. The van der Waals surface area contributed by atoms with Crippen LogP contribution < -0.4 is 11.3 Å². The van der Waals surface area contributed by atoms with Crippen LogP contribution in [0.15, 0.2) is 20.9 Å². The van der Waals surface area contributed by atoms with Crippen LogP contribution in [0.25, 0.3) is 0 Å². The molecule has 0 bridgehead atoms. The summed E-state index contributed by atoms with van der Waals surface area (Å²) < 4.78 is 0.774. The first-order chi connectivity index (χ1) is 9.01. The Labute approximate surface area is 123 Å². The highest BCUT2D eigenvalue weighted by Gasteiger charge is 2.11. The molecule has 2 heterocycles. The summed E-state index contributed by atoms with van der Waals surface area (Å²) in [4.78, 5) is 17.1. The molecular formula is C11H13BrN6S. The second-order valence-electron chi connectivity index (χ2n) is 3.90. The Bertz CT molecular complexity index is 595. The summed E-state index contributed by atoms with van der Waals surface area (Å²) in [6, 6.07) is 0. The van der Waals surface area contributed by atoms with Gasteiger partial charge in [-0.05, 0) is 54.0 Å². The van der Waals surface area contributed by atoms with Crippen molar-refractivity contribution in [3.63, 3.8) is 0 Å². The zero-order chi connectivity index (χ0) is 14.0. The van der Waals surface area contributed by atoms with E-state index in [4.69, 9.17) is 5.84 Å². The molecular weight excluding hydrogens is 328 g/mol. The number of nitrogens with two attached hydrogens (primary N) is 1. The van der Waals surface area contributed by atoms with Crippen molar-refractivity contribution in [2.45, 2.75) is 31.0 Å². The quantitative estimate of drug-likeness (QED) is 0.383. The van der Waals surface area contributed by atoms with E-state index in [-0.39, 0.29) is 0 Å². The highest BCUT2D eigenvalue weighted by atomic mass is 79.9. The van der Waals surface area contributed by atoms with Crippen LogP contribution in [0, 0.1) is 20.8 Å². The lowest BCUT2D eigenvalue weighted by Crippen LogP contribution is -2.10. The zero-order valence-corrected chi connectivity index (χ0v) is 13.1. The molecule has 0 atom stereocenters. The third-order valence-electron chi connectivity index (χ3n) is 2.64. The minimum Gasteiger partial charge on any atom is -0.292 e. The van der Waals surface area contributed by atoms with Crippen molar-refractivity contribution >= 4 is 33.6 Å². The predicted molar refractivity (Wildman–Crippen MR) is 77.9 cm³/mol. The van der Waals surface area contributed by atoms with Crippen LogP contribution in [-0.4, -0.2) is 19.9 Å². The lowest BCUT2D eigenvalue weighted by molar-refractivity contribution is 0.876. The number of hydrogen-bond acceptors (Lipinski definition) is 7. The first kappa shape index (κ1) is 14.2. The van der Waals surface area contributed by atoms with Crippen LogP contribution in [0.2, 0.25) is 0 Å². The number of halogens is 1. The maximum Gasteiger partial charge on any atom is 0.238 e. The van der Waals surface area contributed by atoms with Crippen molar-refractivity contribution < 1.29 is 0 Å². The highest BCUT2D eigenvalue weighted by Crippen LogP contribution is 2.30. The SMILES string of the molecule is Cc1nc(Sc2nc(NN)ncc2Br)nc(C)c1C. The van der Waals surface area contributed by atoms with Gasteiger partial charge < -0.3 is 0 Å². The van der Waals surface area contributed by atoms with Crippen molar-refractivity contribution in [3.8, 4) is 0 Å². The molecule has 0 radical (unpaired) electrons. The van der Waals surface area contributed by atoms with E-state index in [0.29, 0.717) is 16.1 Å². The zero-order valence-electron chi connectivity index (χ0n) is 10.7. The molecule has 0 saturated heterocycles. The Morgan fingerprint density at radius 1 is 1.16 bits per heavy atom. The molecule has 19 heavy (non-hydrogen) atoms. The molecule has 2 aromatic heterocycles. The van der Waals surface area contributed by atoms with Gasteiger partial charge >= 0.3 is 0 Å². The Kier molecular flexibility index (Phi) is 4.33. The molecule has 6 nitrogen and oxygen atoms in total. The van der Waals surface area contributed by atoms with Crippen LogP contribution in [0.3, 0.4) is 0 Å². The van der Waals surface area contributed by atoms with E-state index in [2.05, 4.69) is 41.3 Å². The van der Waals surface area contributed by atoms with Crippen LogP contribution in [0.4, 0.5) is 5.95 Å².